The summed E-state index contributed by atoms with van der Waals surface area (Å²) in [6.07, 6.45) is 2.12. The van der Waals surface area contributed by atoms with Gasteiger partial charge in [-0.1, -0.05) is 23.2 Å². The van der Waals surface area contributed by atoms with Crippen molar-refractivity contribution < 1.29 is 9.53 Å². The smallest absolute Gasteiger partial charge is 0.253 e. The van der Waals surface area contributed by atoms with Crippen molar-refractivity contribution in [3.8, 4) is 5.75 Å². The fourth-order valence-electron chi connectivity index (χ4n) is 1.98. The van der Waals surface area contributed by atoms with E-state index in [2.05, 4.69) is 0 Å². The van der Waals surface area contributed by atoms with Crippen molar-refractivity contribution in [3.63, 3.8) is 0 Å². The van der Waals surface area contributed by atoms with Crippen LogP contribution < -0.4 is 4.74 Å². The first-order valence-electron chi connectivity index (χ1n) is 5.46. The summed E-state index contributed by atoms with van der Waals surface area (Å²) in [5, 5.41) is 0.727. The SMILES string of the molecule is COc1c(Cl)cc(C(=O)N2CCCC2)cc1Cl. The average molecular weight is 274 g/mol. The van der Waals surface area contributed by atoms with Gasteiger partial charge in [0, 0.05) is 18.7 Å². The molecule has 0 atom stereocenters. The number of rotatable bonds is 2. The number of halogens is 2. The predicted molar refractivity (Wildman–Crippen MR) is 68.2 cm³/mol. The minimum Gasteiger partial charge on any atom is -0.494 e. The summed E-state index contributed by atoms with van der Waals surface area (Å²) in [5.41, 5.74) is 0.516. The highest BCUT2D eigenvalue weighted by Gasteiger charge is 2.21. The van der Waals surface area contributed by atoms with Crippen molar-refractivity contribution in [2.24, 2.45) is 0 Å². The Bertz CT molecular complexity index is 419. The fraction of sp³-hybridized carbons (Fsp3) is 0.417. The lowest BCUT2D eigenvalue weighted by Crippen LogP contribution is -2.27. The van der Waals surface area contributed by atoms with E-state index in [9.17, 15) is 4.79 Å². The lowest BCUT2D eigenvalue weighted by molar-refractivity contribution is 0.0793. The van der Waals surface area contributed by atoms with Crippen LogP contribution in [0.15, 0.2) is 12.1 Å². The van der Waals surface area contributed by atoms with Crippen LogP contribution in [-0.2, 0) is 0 Å². The zero-order chi connectivity index (χ0) is 12.4. The molecule has 2 rings (SSSR count). The number of amides is 1. The Morgan fingerprint density at radius 1 is 1.24 bits per heavy atom. The molecule has 3 nitrogen and oxygen atoms in total. The second kappa shape index (κ2) is 5.15. The van der Waals surface area contributed by atoms with Gasteiger partial charge in [0.25, 0.3) is 5.91 Å². The third-order valence-electron chi connectivity index (χ3n) is 2.84. The Labute approximate surface area is 110 Å². The predicted octanol–water partition coefficient (Wildman–Crippen LogP) is 3.24. The van der Waals surface area contributed by atoms with E-state index in [-0.39, 0.29) is 5.91 Å². The van der Waals surface area contributed by atoms with Crippen LogP contribution in [0.25, 0.3) is 0 Å². The largest absolute Gasteiger partial charge is 0.494 e. The number of carbonyl (C=O) groups is 1. The summed E-state index contributed by atoms with van der Waals surface area (Å²) in [7, 11) is 1.50. The molecule has 0 unspecified atom stereocenters. The standard InChI is InChI=1S/C12H13Cl2NO2/c1-17-11-9(13)6-8(7-10(11)14)12(16)15-4-2-3-5-15/h6-7H,2-5H2,1H3. The van der Waals surface area contributed by atoms with Crippen LogP contribution in [0.4, 0.5) is 0 Å². The summed E-state index contributed by atoms with van der Waals surface area (Å²) in [6.45, 7) is 1.61. The number of hydrogen-bond donors (Lipinski definition) is 0. The van der Waals surface area contributed by atoms with Gasteiger partial charge in [0.15, 0.2) is 5.75 Å². The Balaban J connectivity index is 2.30. The summed E-state index contributed by atoms with van der Waals surface area (Å²) < 4.78 is 5.05. The molecule has 0 radical (unpaired) electrons. The van der Waals surface area contributed by atoms with Crippen LogP contribution in [0.5, 0.6) is 5.75 Å². The molecule has 0 aliphatic carbocycles. The number of hydrogen-bond acceptors (Lipinski definition) is 2. The Morgan fingerprint density at radius 2 is 1.76 bits per heavy atom. The zero-order valence-electron chi connectivity index (χ0n) is 9.50. The topological polar surface area (TPSA) is 29.5 Å². The van der Waals surface area contributed by atoms with E-state index >= 15 is 0 Å². The maximum atomic E-state index is 12.1. The molecule has 5 heteroatoms. The van der Waals surface area contributed by atoms with Crippen molar-refractivity contribution in [2.45, 2.75) is 12.8 Å². The first-order chi connectivity index (χ1) is 8.13. The molecule has 1 aliphatic rings. The normalized spacial score (nSPS) is 15.1. The Hall–Kier alpha value is -0.930. The fourth-order valence-corrected chi connectivity index (χ4v) is 2.62. The number of benzene rings is 1. The number of methoxy groups -OCH3 is 1. The van der Waals surface area contributed by atoms with Gasteiger partial charge in [-0.15, -0.1) is 0 Å². The molecule has 1 heterocycles. The van der Waals surface area contributed by atoms with Gasteiger partial charge in [-0.2, -0.15) is 0 Å². The van der Waals surface area contributed by atoms with Gasteiger partial charge in [-0.05, 0) is 25.0 Å². The summed E-state index contributed by atoms with van der Waals surface area (Å²) >= 11 is 12.0. The van der Waals surface area contributed by atoms with Gasteiger partial charge >= 0.3 is 0 Å². The molecule has 92 valence electrons. The quantitative estimate of drug-likeness (QED) is 0.828. The van der Waals surface area contributed by atoms with Gasteiger partial charge < -0.3 is 9.64 Å². The lowest BCUT2D eigenvalue weighted by Gasteiger charge is -2.16. The molecular formula is C12H13Cl2NO2. The van der Waals surface area contributed by atoms with E-state index in [4.69, 9.17) is 27.9 Å². The van der Waals surface area contributed by atoms with Crippen LogP contribution >= 0.6 is 23.2 Å². The highest BCUT2D eigenvalue weighted by molar-refractivity contribution is 6.37. The number of ether oxygens (including phenoxy) is 1. The molecule has 1 fully saturated rings. The first-order valence-corrected chi connectivity index (χ1v) is 6.21. The molecule has 0 spiro atoms. The van der Waals surface area contributed by atoms with Crippen molar-refractivity contribution in [1.82, 2.24) is 4.90 Å². The van der Waals surface area contributed by atoms with Crippen LogP contribution in [0.3, 0.4) is 0 Å². The second-order valence-corrected chi connectivity index (χ2v) is 4.79. The van der Waals surface area contributed by atoms with E-state index < -0.39 is 0 Å². The van der Waals surface area contributed by atoms with E-state index in [1.165, 1.54) is 7.11 Å². The van der Waals surface area contributed by atoms with Gasteiger partial charge in [-0.25, -0.2) is 0 Å². The van der Waals surface area contributed by atoms with E-state index in [0.717, 1.165) is 25.9 Å². The third-order valence-corrected chi connectivity index (χ3v) is 3.40. The van der Waals surface area contributed by atoms with Crippen molar-refractivity contribution in [2.75, 3.05) is 20.2 Å². The summed E-state index contributed by atoms with van der Waals surface area (Å²) in [5.74, 6) is 0.389. The molecule has 0 aromatic heterocycles. The van der Waals surface area contributed by atoms with Gasteiger partial charge in [0.1, 0.15) is 0 Å². The number of likely N-dealkylation sites (tertiary alicyclic amines) is 1. The molecule has 0 saturated carbocycles. The molecule has 0 N–H and O–H groups in total. The van der Waals surface area contributed by atoms with Crippen LogP contribution in [0, 0.1) is 0 Å². The molecule has 1 aliphatic heterocycles. The minimum absolute atomic E-state index is 0.0195. The van der Waals surface area contributed by atoms with Gasteiger partial charge in [0.05, 0.1) is 17.2 Å². The van der Waals surface area contributed by atoms with E-state index in [0.29, 0.717) is 21.4 Å². The molecule has 1 amide bonds. The minimum atomic E-state index is -0.0195. The van der Waals surface area contributed by atoms with E-state index in [1.54, 1.807) is 12.1 Å². The summed E-state index contributed by atoms with van der Waals surface area (Å²) in [6, 6.07) is 3.21. The molecular weight excluding hydrogens is 261 g/mol. The average Bonchev–Trinajstić information content (AvgIpc) is 2.81. The highest BCUT2D eigenvalue weighted by atomic mass is 35.5. The molecule has 0 bridgehead atoms. The van der Waals surface area contributed by atoms with Crippen LogP contribution in [-0.4, -0.2) is 31.0 Å². The highest BCUT2D eigenvalue weighted by Crippen LogP contribution is 2.34. The molecule has 1 saturated heterocycles. The maximum Gasteiger partial charge on any atom is 0.253 e. The van der Waals surface area contributed by atoms with Crippen molar-refractivity contribution in [1.29, 1.82) is 0 Å². The molecule has 17 heavy (non-hydrogen) atoms. The maximum absolute atomic E-state index is 12.1. The Kier molecular flexibility index (Phi) is 3.79. The third kappa shape index (κ3) is 2.50. The van der Waals surface area contributed by atoms with Gasteiger partial charge in [0.2, 0.25) is 0 Å². The summed E-state index contributed by atoms with van der Waals surface area (Å²) in [4.78, 5) is 13.9. The van der Waals surface area contributed by atoms with Gasteiger partial charge in [-0.3, -0.25) is 4.79 Å². The van der Waals surface area contributed by atoms with Crippen molar-refractivity contribution >= 4 is 29.1 Å². The Morgan fingerprint density at radius 3 is 2.24 bits per heavy atom. The van der Waals surface area contributed by atoms with Crippen LogP contribution in [0.2, 0.25) is 10.0 Å². The van der Waals surface area contributed by atoms with E-state index in [1.807, 2.05) is 4.90 Å². The molecule has 1 aromatic rings. The molecule has 1 aromatic carbocycles. The second-order valence-electron chi connectivity index (χ2n) is 3.97. The monoisotopic (exact) mass is 273 g/mol. The zero-order valence-corrected chi connectivity index (χ0v) is 11.0. The lowest BCUT2D eigenvalue weighted by atomic mass is 10.2. The van der Waals surface area contributed by atoms with Crippen molar-refractivity contribution in [3.05, 3.63) is 27.7 Å². The first kappa shape index (κ1) is 12.5. The number of carbonyl (C=O) groups excluding carboxylic acids is 1. The van der Waals surface area contributed by atoms with Crippen LogP contribution in [0.1, 0.15) is 23.2 Å². The number of nitrogens with zero attached hydrogens (tertiary/aromatic N) is 1.